The molecule has 28 heavy (non-hydrogen) atoms. The van der Waals surface area contributed by atoms with Gasteiger partial charge in [-0.2, -0.15) is 0 Å². The van der Waals surface area contributed by atoms with Gasteiger partial charge in [0.2, 0.25) is 0 Å². The van der Waals surface area contributed by atoms with E-state index in [9.17, 15) is 10.2 Å². The molecule has 3 nitrogen and oxygen atoms in total. The fourth-order valence-electron chi connectivity index (χ4n) is 4.75. The molecule has 0 spiro atoms. The minimum Gasteiger partial charge on any atom is -0.508 e. The second kappa shape index (κ2) is 8.86. The molecule has 1 aliphatic heterocycles. The molecule has 0 saturated carbocycles. The molecule has 2 aromatic rings. The molecule has 152 valence electrons. The molecule has 2 N–H and O–H groups in total. The molecule has 1 atom stereocenters. The molecule has 0 bridgehead atoms. The summed E-state index contributed by atoms with van der Waals surface area (Å²) in [6.07, 6.45) is 5.86. The number of fused-ring (bicyclic) bond motifs is 1. The van der Waals surface area contributed by atoms with Crippen molar-refractivity contribution >= 4 is 12.4 Å². The van der Waals surface area contributed by atoms with Crippen LogP contribution in [0.3, 0.4) is 0 Å². The number of nitrogens with zero attached hydrogens (tertiary/aromatic N) is 1. The van der Waals surface area contributed by atoms with E-state index in [4.69, 9.17) is 0 Å². The molecule has 1 fully saturated rings. The van der Waals surface area contributed by atoms with Crippen LogP contribution in [0.25, 0.3) is 0 Å². The number of likely N-dealkylation sites (tertiary alicyclic amines) is 1. The third kappa shape index (κ3) is 5.08. The lowest BCUT2D eigenvalue weighted by atomic mass is 9.82. The molecule has 1 heterocycles. The van der Waals surface area contributed by atoms with E-state index >= 15 is 0 Å². The maximum absolute atomic E-state index is 11.0. The largest absolute Gasteiger partial charge is 0.508 e. The Hall–Kier alpha value is -1.55. The smallest absolute Gasteiger partial charge is 0.115 e. The zero-order valence-electron chi connectivity index (χ0n) is 16.7. The molecule has 0 radical (unpaired) electrons. The maximum Gasteiger partial charge on any atom is 0.115 e. The van der Waals surface area contributed by atoms with Crippen molar-refractivity contribution in [1.82, 2.24) is 4.90 Å². The number of hydrogen-bond donors (Lipinski definition) is 2. The van der Waals surface area contributed by atoms with Crippen LogP contribution < -0.4 is 0 Å². The van der Waals surface area contributed by atoms with Gasteiger partial charge >= 0.3 is 0 Å². The summed E-state index contributed by atoms with van der Waals surface area (Å²) >= 11 is 0. The van der Waals surface area contributed by atoms with Crippen molar-refractivity contribution in [1.29, 1.82) is 0 Å². The van der Waals surface area contributed by atoms with Gasteiger partial charge in [-0.1, -0.05) is 35.9 Å². The van der Waals surface area contributed by atoms with Gasteiger partial charge in [0.05, 0.1) is 5.60 Å². The molecule has 0 amide bonds. The first kappa shape index (κ1) is 21.2. The van der Waals surface area contributed by atoms with E-state index in [2.05, 4.69) is 42.2 Å². The summed E-state index contributed by atoms with van der Waals surface area (Å²) in [5.74, 6) is 1.07. The molecule has 1 aliphatic carbocycles. The summed E-state index contributed by atoms with van der Waals surface area (Å²) in [7, 11) is 0. The Balaban J connectivity index is 0.00000225. The van der Waals surface area contributed by atoms with Crippen LogP contribution in [0, 0.1) is 12.8 Å². The number of hydrogen-bond acceptors (Lipinski definition) is 3. The maximum atomic E-state index is 11.0. The second-order valence-corrected chi connectivity index (χ2v) is 8.75. The normalized spacial score (nSPS) is 21.6. The van der Waals surface area contributed by atoms with Crippen LogP contribution in [0.15, 0.2) is 42.5 Å². The van der Waals surface area contributed by atoms with Gasteiger partial charge in [-0.05, 0) is 73.8 Å². The minimum absolute atomic E-state index is 0. The number of aromatic hydroxyl groups is 1. The van der Waals surface area contributed by atoms with E-state index in [0.29, 0.717) is 11.7 Å². The molecule has 2 aliphatic rings. The zero-order valence-corrected chi connectivity index (χ0v) is 17.5. The highest BCUT2D eigenvalue weighted by Crippen LogP contribution is 2.31. The monoisotopic (exact) mass is 401 g/mol. The van der Waals surface area contributed by atoms with Crippen LogP contribution >= 0.6 is 12.4 Å². The number of phenolic OH excluding ortho intramolecular Hbond substituents is 1. The van der Waals surface area contributed by atoms with Crippen LogP contribution in [0.4, 0.5) is 0 Å². The SMILES string of the molecule is Cc1ccc(CC2(O)CCN(CC3CCc4cc(O)ccc4C3)CC2)cc1.Cl. The minimum atomic E-state index is -0.553. The molecular weight excluding hydrogens is 370 g/mol. The number of piperidine rings is 1. The van der Waals surface area contributed by atoms with E-state index in [-0.39, 0.29) is 12.4 Å². The van der Waals surface area contributed by atoms with E-state index in [1.165, 1.54) is 28.7 Å². The molecule has 1 saturated heterocycles. The van der Waals surface area contributed by atoms with Crippen molar-refractivity contribution in [2.45, 2.75) is 51.0 Å². The van der Waals surface area contributed by atoms with Gasteiger partial charge in [0.1, 0.15) is 5.75 Å². The second-order valence-electron chi connectivity index (χ2n) is 8.75. The number of rotatable bonds is 4. The standard InChI is InChI=1S/C24H31NO2.ClH/c1-18-2-4-19(5-3-18)16-24(27)10-12-25(13-11-24)17-20-6-7-22-15-23(26)9-8-21(22)14-20;/h2-5,8-9,15,20,26-27H,6-7,10-14,16-17H2,1H3;1H. The first-order chi connectivity index (χ1) is 13.0. The van der Waals surface area contributed by atoms with E-state index < -0.39 is 5.60 Å². The van der Waals surface area contributed by atoms with Gasteiger partial charge in [0.15, 0.2) is 0 Å². The first-order valence-electron chi connectivity index (χ1n) is 10.3. The van der Waals surface area contributed by atoms with Crippen LogP contribution in [-0.4, -0.2) is 40.3 Å². The Morgan fingerprint density at radius 1 is 1.04 bits per heavy atom. The Morgan fingerprint density at radius 2 is 1.75 bits per heavy atom. The first-order valence-corrected chi connectivity index (χ1v) is 10.3. The Bertz CT molecular complexity index is 782. The van der Waals surface area contributed by atoms with Gasteiger partial charge in [-0.15, -0.1) is 12.4 Å². The number of phenols is 1. The Morgan fingerprint density at radius 3 is 2.46 bits per heavy atom. The van der Waals surface area contributed by atoms with Gasteiger partial charge in [-0.3, -0.25) is 0 Å². The molecular formula is C24H32ClNO2. The Kier molecular flexibility index (Phi) is 6.69. The summed E-state index contributed by atoms with van der Waals surface area (Å²) in [6.45, 7) is 5.20. The molecule has 0 aromatic heterocycles. The highest BCUT2D eigenvalue weighted by atomic mass is 35.5. The number of aliphatic hydroxyl groups is 1. The topological polar surface area (TPSA) is 43.7 Å². The predicted molar refractivity (Wildman–Crippen MR) is 116 cm³/mol. The molecule has 4 heteroatoms. The highest BCUT2D eigenvalue weighted by molar-refractivity contribution is 5.85. The predicted octanol–water partition coefficient (Wildman–Crippen LogP) is 4.30. The van der Waals surface area contributed by atoms with E-state index in [1.54, 1.807) is 0 Å². The van der Waals surface area contributed by atoms with Crippen LogP contribution in [0.5, 0.6) is 5.75 Å². The number of aryl methyl sites for hydroxylation is 2. The van der Waals surface area contributed by atoms with Crippen molar-refractivity contribution in [2.75, 3.05) is 19.6 Å². The fraction of sp³-hybridized carbons (Fsp3) is 0.500. The van der Waals surface area contributed by atoms with Crippen LogP contribution in [0.2, 0.25) is 0 Å². The number of benzene rings is 2. The Labute approximate surface area is 174 Å². The summed E-state index contributed by atoms with van der Waals surface area (Å²) in [6, 6.07) is 14.4. The lowest BCUT2D eigenvalue weighted by molar-refractivity contribution is -0.0239. The lowest BCUT2D eigenvalue weighted by Gasteiger charge is -2.40. The van der Waals surface area contributed by atoms with Gasteiger partial charge in [0.25, 0.3) is 0 Å². The van der Waals surface area contributed by atoms with Crippen molar-refractivity contribution in [3.63, 3.8) is 0 Å². The lowest BCUT2D eigenvalue weighted by Crippen LogP contribution is -2.47. The van der Waals surface area contributed by atoms with E-state index in [0.717, 1.165) is 51.7 Å². The number of halogens is 1. The molecule has 1 unspecified atom stereocenters. The van der Waals surface area contributed by atoms with Crippen molar-refractivity contribution in [2.24, 2.45) is 5.92 Å². The summed E-state index contributed by atoms with van der Waals surface area (Å²) < 4.78 is 0. The van der Waals surface area contributed by atoms with Crippen LogP contribution in [0.1, 0.15) is 41.5 Å². The quantitative estimate of drug-likeness (QED) is 0.802. The fourth-order valence-corrected chi connectivity index (χ4v) is 4.75. The van der Waals surface area contributed by atoms with Crippen LogP contribution in [-0.2, 0) is 19.3 Å². The van der Waals surface area contributed by atoms with Crippen molar-refractivity contribution in [3.8, 4) is 5.75 Å². The average molecular weight is 402 g/mol. The summed E-state index contributed by atoms with van der Waals surface area (Å²) in [5, 5.41) is 20.7. The molecule has 2 aromatic carbocycles. The van der Waals surface area contributed by atoms with Crippen molar-refractivity contribution < 1.29 is 10.2 Å². The van der Waals surface area contributed by atoms with Gasteiger partial charge in [-0.25, -0.2) is 0 Å². The average Bonchev–Trinajstić information content (AvgIpc) is 2.66. The highest BCUT2D eigenvalue weighted by Gasteiger charge is 2.33. The third-order valence-corrected chi connectivity index (χ3v) is 6.48. The third-order valence-electron chi connectivity index (χ3n) is 6.48. The van der Waals surface area contributed by atoms with Gasteiger partial charge in [0, 0.05) is 26.1 Å². The summed E-state index contributed by atoms with van der Waals surface area (Å²) in [4.78, 5) is 2.54. The van der Waals surface area contributed by atoms with Crippen molar-refractivity contribution in [3.05, 3.63) is 64.7 Å². The molecule has 4 rings (SSSR count). The van der Waals surface area contributed by atoms with E-state index in [1.807, 2.05) is 12.1 Å². The van der Waals surface area contributed by atoms with Gasteiger partial charge < -0.3 is 15.1 Å². The zero-order chi connectivity index (χ0) is 18.9. The summed E-state index contributed by atoms with van der Waals surface area (Å²) in [5.41, 5.74) is 4.67.